The number of thiophene rings is 1. The molecule has 1 N–H and O–H groups in total. The van der Waals surface area contributed by atoms with Crippen molar-refractivity contribution < 1.29 is 18.3 Å². The van der Waals surface area contributed by atoms with Gasteiger partial charge in [0, 0.05) is 49.0 Å². The molecule has 1 unspecified atom stereocenters. The van der Waals surface area contributed by atoms with Gasteiger partial charge in [-0.3, -0.25) is 9.58 Å². The van der Waals surface area contributed by atoms with Crippen LogP contribution in [0.25, 0.3) is 0 Å². The molecular formula is C20H29ClN4O4S2. The number of hydrogen-bond donors (Lipinski definition) is 1. The second-order valence-electron chi connectivity index (χ2n) is 8.73. The molecule has 2 aliphatic heterocycles. The molecule has 0 aliphatic carbocycles. The van der Waals surface area contributed by atoms with Crippen molar-refractivity contribution in [1.29, 1.82) is 0 Å². The molecule has 2 aromatic rings. The third kappa shape index (κ3) is 5.15. The number of aryl methyl sites for hydroxylation is 1. The van der Waals surface area contributed by atoms with Gasteiger partial charge in [-0.1, -0.05) is 16.8 Å². The van der Waals surface area contributed by atoms with Crippen LogP contribution in [0.15, 0.2) is 12.3 Å². The molecule has 11 heteroatoms. The second kappa shape index (κ2) is 9.07. The van der Waals surface area contributed by atoms with Crippen LogP contribution in [0.1, 0.15) is 48.2 Å². The average Bonchev–Trinajstić information content (AvgIpc) is 3.31. The Bertz CT molecular complexity index is 1020. The Balaban J connectivity index is 1.43. The molecule has 0 aromatic carbocycles. The van der Waals surface area contributed by atoms with Crippen molar-refractivity contribution in [2.24, 2.45) is 0 Å². The van der Waals surface area contributed by atoms with Gasteiger partial charge in [-0.2, -0.15) is 0 Å². The van der Waals surface area contributed by atoms with Crippen molar-refractivity contribution >= 4 is 32.8 Å². The lowest BCUT2D eigenvalue weighted by Gasteiger charge is -2.48. The summed E-state index contributed by atoms with van der Waals surface area (Å²) in [6.07, 6.45) is 5.48. The van der Waals surface area contributed by atoms with Crippen molar-refractivity contribution in [3.05, 3.63) is 32.7 Å². The fraction of sp³-hybridized carbons (Fsp3) is 0.700. The maximum absolute atomic E-state index is 11.4. The van der Waals surface area contributed by atoms with Crippen LogP contribution in [-0.4, -0.2) is 71.2 Å². The van der Waals surface area contributed by atoms with Gasteiger partial charge < -0.3 is 9.84 Å². The summed E-state index contributed by atoms with van der Waals surface area (Å²) < 4.78 is 31.6. The zero-order chi connectivity index (χ0) is 22.2. The SMILES string of the molecule is C[C@H]1C[C@@]2(CCN1Cc1cn(CCS(C)(=O)=O)nn1)OCC(CCO)c1cc(Cl)sc12. The van der Waals surface area contributed by atoms with Gasteiger partial charge >= 0.3 is 0 Å². The first-order chi connectivity index (χ1) is 14.7. The number of sulfone groups is 1. The Hall–Kier alpha value is -1.04. The van der Waals surface area contributed by atoms with Crippen LogP contribution >= 0.6 is 22.9 Å². The predicted molar refractivity (Wildman–Crippen MR) is 120 cm³/mol. The summed E-state index contributed by atoms with van der Waals surface area (Å²) in [5.41, 5.74) is 1.76. The lowest BCUT2D eigenvalue weighted by molar-refractivity contribution is -0.118. The molecule has 4 heterocycles. The Kier molecular flexibility index (Phi) is 6.77. The number of nitrogens with zero attached hydrogens (tertiary/aromatic N) is 4. The summed E-state index contributed by atoms with van der Waals surface area (Å²) in [5, 5.41) is 17.7. The van der Waals surface area contributed by atoms with Crippen molar-refractivity contribution in [3.63, 3.8) is 0 Å². The Morgan fingerprint density at radius 3 is 2.97 bits per heavy atom. The van der Waals surface area contributed by atoms with Gasteiger partial charge in [0.15, 0.2) is 0 Å². The van der Waals surface area contributed by atoms with Crippen LogP contribution in [-0.2, 0) is 33.3 Å². The fourth-order valence-electron chi connectivity index (χ4n) is 4.66. The van der Waals surface area contributed by atoms with Gasteiger partial charge in [-0.15, -0.1) is 16.4 Å². The van der Waals surface area contributed by atoms with Gasteiger partial charge in [0.2, 0.25) is 0 Å². The molecule has 172 valence electrons. The third-order valence-electron chi connectivity index (χ3n) is 6.32. The summed E-state index contributed by atoms with van der Waals surface area (Å²) in [5.74, 6) is 0.253. The maximum atomic E-state index is 11.4. The summed E-state index contributed by atoms with van der Waals surface area (Å²) in [4.78, 5) is 3.59. The van der Waals surface area contributed by atoms with E-state index in [-0.39, 0.29) is 29.9 Å². The highest BCUT2D eigenvalue weighted by molar-refractivity contribution is 7.90. The minimum atomic E-state index is -3.03. The molecule has 8 nitrogen and oxygen atoms in total. The minimum Gasteiger partial charge on any atom is -0.396 e. The van der Waals surface area contributed by atoms with E-state index >= 15 is 0 Å². The number of rotatable bonds is 7. The quantitative estimate of drug-likeness (QED) is 0.639. The number of piperidine rings is 1. The van der Waals surface area contributed by atoms with Crippen LogP contribution in [0.5, 0.6) is 0 Å². The molecule has 4 rings (SSSR count). The molecule has 0 saturated carbocycles. The van der Waals surface area contributed by atoms with Crippen molar-refractivity contribution in [3.8, 4) is 0 Å². The van der Waals surface area contributed by atoms with Crippen LogP contribution < -0.4 is 0 Å². The fourth-order valence-corrected chi connectivity index (χ4v) is 6.68. The lowest BCUT2D eigenvalue weighted by atomic mass is 9.79. The topological polar surface area (TPSA) is 97.6 Å². The monoisotopic (exact) mass is 488 g/mol. The van der Waals surface area contributed by atoms with Crippen molar-refractivity contribution in [2.75, 3.05) is 31.8 Å². The average molecular weight is 489 g/mol. The number of hydrogen-bond acceptors (Lipinski definition) is 8. The van der Waals surface area contributed by atoms with E-state index in [1.807, 2.05) is 6.20 Å². The van der Waals surface area contributed by atoms with Crippen LogP contribution in [0.4, 0.5) is 0 Å². The van der Waals surface area contributed by atoms with Crippen molar-refractivity contribution in [2.45, 2.75) is 56.8 Å². The van der Waals surface area contributed by atoms with E-state index in [1.165, 1.54) is 16.7 Å². The van der Waals surface area contributed by atoms with E-state index in [2.05, 4.69) is 28.2 Å². The van der Waals surface area contributed by atoms with Crippen molar-refractivity contribution in [1.82, 2.24) is 19.9 Å². The van der Waals surface area contributed by atoms with Gasteiger partial charge in [-0.05, 0) is 37.8 Å². The Morgan fingerprint density at radius 1 is 1.45 bits per heavy atom. The smallest absolute Gasteiger partial charge is 0.149 e. The molecule has 1 spiro atoms. The first-order valence-corrected chi connectivity index (χ1v) is 13.8. The standard InChI is InChI=1S/C20H29ClN4O4S2/c1-14-10-20(19-17(9-18(21)30-19)15(3-7-26)13-29-20)4-5-24(14)11-16-12-25(23-22-16)6-8-31(2,27)28/h9,12,14-15,26H,3-8,10-11,13H2,1-2H3/t14-,15?,20+/m0/s1. The molecule has 2 aliphatic rings. The number of aromatic nitrogens is 3. The zero-order valence-corrected chi connectivity index (χ0v) is 20.2. The minimum absolute atomic E-state index is 0.0543. The van der Waals surface area contributed by atoms with E-state index in [0.29, 0.717) is 26.1 Å². The number of ether oxygens (including phenoxy) is 1. The summed E-state index contributed by atoms with van der Waals surface area (Å²) in [6, 6.07) is 2.33. The lowest BCUT2D eigenvalue weighted by Crippen LogP contribution is -2.50. The molecule has 0 amide bonds. The second-order valence-corrected chi connectivity index (χ2v) is 12.7. The Morgan fingerprint density at radius 2 is 2.26 bits per heavy atom. The highest BCUT2D eigenvalue weighted by Gasteiger charge is 2.46. The Labute approximate surface area is 192 Å². The number of aliphatic hydroxyl groups is 1. The highest BCUT2D eigenvalue weighted by Crippen LogP contribution is 2.51. The van der Waals surface area contributed by atoms with E-state index in [1.54, 1.807) is 16.0 Å². The summed E-state index contributed by atoms with van der Waals surface area (Å²) in [6.45, 7) is 4.80. The summed E-state index contributed by atoms with van der Waals surface area (Å²) >= 11 is 7.99. The molecule has 1 fully saturated rings. The number of fused-ring (bicyclic) bond motifs is 2. The zero-order valence-electron chi connectivity index (χ0n) is 17.8. The molecule has 31 heavy (non-hydrogen) atoms. The normalized spacial score (nSPS) is 27.0. The first-order valence-electron chi connectivity index (χ1n) is 10.5. The molecular weight excluding hydrogens is 460 g/mol. The van der Waals surface area contributed by atoms with E-state index in [9.17, 15) is 13.5 Å². The van der Waals surface area contributed by atoms with E-state index in [4.69, 9.17) is 16.3 Å². The van der Waals surface area contributed by atoms with Crippen LogP contribution in [0, 0.1) is 0 Å². The number of halogens is 1. The molecule has 0 bridgehead atoms. The van der Waals surface area contributed by atoms with Gasteiger partial charge in [0.25, 0.3) is 0 Å². The summed E-state index contributed by atoms with van der Waals surface area (Å²) in [7, 11) is -3.03. The van der Waals surface area contributed by atoms with Crippen LogP contribution in [0.3, 0.4) is 0 Å². The molecule has 3 atom stereocenters. The number of aliphatic hydroxyl groups excluding tert-OH is 1. The molecule has 1 saturated heterocycles. The first kappa shape index (κ1) is 23.1. The van der Waals surface area contributed by atoms with Gasteiger partial charge in [0.05, 0.1) is 28.9 Å². The number of likely N-dealkylation sites (tertiary alicyclic amines) is 1. The molecule has 0 radical (unpaired) electrons. The van der Waals surface area contributed by atoms with E-state index in [0.717, 1.165) is 29.4 Å². The van der Waals surface area contributed by atoms with Gasteiger partial charge in [0.1, 0.15) is 15.4 Å². The predicted octanol–water partition coefficient (Wildman–Crippen LogP) is 2.41. The van der Waals surface area contributed by atoms with E-state index < -0.39 is 9.84 Å². The van der Waals surface area contributed by atoms with Crippen LogP contribution in [0.2, 0.25) is 4.34 Å². The third-order valence-corrected chi connectivity index (χ3v) is 8.71. The maximum Gasteiger partial charge on any atom is 0.149 e. The largest absolute Gasteiger partial charge is 0.396 e. The highest BCUT2D eigenvalue weighted by atomic mass is 35.5. The molecule has 2 aromatic heterocycles. The van der Waals surface area contributed by atoms with Gasteiger partial charge in [-0.25, -0.2) is 8.42 Å².